The van der Waals surface area contributed by atoms with Crippen LogP contribution >= 0.6 is 11.8 Å². The topological polar surface area (TPSA) is 55.1 Å². The van der Waals surface area contributed by atoms with Gasteiger partial charge in [0.05, 0.1) is 17.1 Å². The number of carbonyl (C=O) groups excluding carboxylic acids is 1. The summed E-state index contributed by atoms with van der Waals surface area (Å²) in [7, 11) is 0. The van der Waals surface area contributed by atoms with Crippen LogP contribution in [0.25, 0.3) is 0 Å². The van der Waals surface area contributed by atoms with Crippen LogP contribution in [0.15, 0.2) is 24.3 Å². The molecule has 1 aliphatic rings. The lowest BCUT2D eigenvalue weighted by molar-refractivity contribution is -0.113. The zero-order valence-electron chi connectivity index (χ0n) is 9.82. The minimum absolute atomic E-state index is 0.0415. The molecule has 1 aliphatic carbocycles. The van der Waals surface area contributed by atoms with Crippen molar-refractivity contribution in [2.45, 2.75) is 30.9 Å². The minimum Gasteiger partial charge on any atom is -0.397 e. The van der Waals surface area contributed by atoms with E-state index in [1.54, 1.807) is 17.8 Å². The van der Waals surface area contributed by atoms with Gasteiger partial charge in [-0.2, -0.15) is 0 Å². The van der Waals surface area contributed by atoms with E-state index < -0.39 is 0 Å². The molecule has 0 atom stereocenters. The fourth-order valence-electron chi connectivity index (χ4n) is 2.05. The second-order valence-electron chi connectivity index (χ2n) is 4.35. The van der Waals surface area contributed by atoms with Crippen LogP contribution in [0.1, 0.15) is 25.7 Å². The predicted molar refractivity (Wildman–Crippen MR) is 74.2 cm³/mol. The molecule has 0 bridgehead atoms. The predicted octanol–water partition coefficient (Wildman–Crippen LogP) is 2.88. The van der Waals surface area contributed by atoms with Crippen LogP contribution in [0.3, 0.4) is 0 Å². The van der Waals surface area contributed by atoms with Crippen molar-refractivity contribution < 1.29 is 4.79 Å². The van der Waals surface area contributed by atoms with Gasteiger partial charge in [0.15, 0.2) is 0 Å². The van der Waals surface area contributed by atoms with E-state index in [2.05, 4.69) is 5.32 Å². The van der Waals surface area contributed by atoms with E-state index in [-0.39, 0.29) is 5.91 Å². The Morgan fingerprint density at radius 1 is 1.35 bits per heavy atom. The monoisotopic (exact) mass is 250 g/mol. The number of carbonyl (C=O) groups is 1. The molecule has 92 valence electrons. The van der Waals surface area contributed by atoms with Crippen LogP contribution in [-0.4, -0.2) is 16.9 Å². The van der Waals surface area contributed by atoms with Crippen LogP contribution in [0.2, 0.25) is 0 Å². The molecule has 0 heterocycles. The Kier molecular flexibility index (Phi) is 4.31. The van der Waals surface area contributed by atoms with Crippen molar-refractivity contribution in [2.75, 3.05) is 16.8 Å². The zero-order chi connectivity index (χ0) is 12.1. The van der Waals surface area contributed by atoms with Crippen LogP contribution in [0, 0.1) is 0 Å². The molecule has 0 radical (unpaired) electrons. The quantitative estimate of drug-likeness (QED) is 0.808. The van der Waals surface area contributed by atoms with Crippen LogP contribution < -0.4 is 11.1 Å². The molecule has 0 saturated heterocycles. The van der Waals surface area contributed by atoms with E-state index in [0.717, 1.165) is 0 Å². The molecule has 3 nitrogen and oxygen atoms in total. The number of rotatable bonds is 4. The van der Waals surface area contributed by atoms with Gasteiger partial charge in [0.1, 0.15) is 0 Å². The summed E-state index contributed by atoms with van der Waals surface area (Å²) >= 11 is 1.76. The number of hydrogen-bond acceptors (Lipinski definition) is 3. The maximum atomic E-state index is 11.7. The van der Waals surface area contributed by atoms with E-state index in [4.69, 9.17) is 5.73 Å². The van der Waals surface area contributed by atoms with E-state index in [0.29, 0.717) is 22.4 Å². The van der Waals surface area contributed by atoms with Gasteiger partial charge in [0.25, 0.3) is 0 Å². The first kappa shape index (κ1) is 12.3. The number of nitrogens with one attached hydrogen (secondary N) is 1. The lowest BCUT2D eigenvalue weighted by atomic mass is 10.3. The van der Waals surface area contributed by atoms with Gasteiger partial charge in [-0.25, -0.2) is 0 Å². The molecule has 1 aromatic rings. The lowest BCUT2D eigenvalue weighted by Gasteiger charge is -2.10. The fraction of sp³-hybridized carbons (Fsp3) is 0.462. The van der Waals surface area contributed by atoms with Crippen molar-refractivity contribution in [1.29, 1.82) is 0 Å². The number of para-hydroxylation sites is 2. The Bertz CT molecular complexity index is 389. The van der Waals surface area contributed by atoms with Crippen molar-refractivity contribution in [3.63, 3.8) is 0 Å². The highest BCUT2D eigenvalue weighted by molar-refractivity contribution is 8.00. The van der Waals surface area contributed by atoms with Crippen molar-refractivity contribution >= 4 is 29.0 Å². The van der Waals surface area contributed by atoms with Gasteiger partial charge in [-0.1, -0.05) is 25.0 Å². The highest BCUT2D eigenvalue weighted by Crippen LogP contribution is 2.29. The summed E-state index contributed by atoms with van der Waals surface area (Å²) in [6.07, 6.45) is 5.13. The number of benzene rings is 1. The van der Waals surface area contributed by atoms with Crippen LogP contribution in [0.5, 0.6) is 0 Å². The SMILES string of the molecule is Nc1ccccc1NC(=O)CSC1CCCC1. The Morgan fingerprint density at radius 3 is 2.76 bits per heavy atom. The van der Waals surface area contributed by atoms with Gasteiger partial charge in [-0.05, 0) is 25.0 Å². The third-order valence-electron chi connectivity index (χ3n) is 2.99. The van der Waals surface area contributed by atoms with Gasteiger partial charge in [0, 0.05) is 5.25 Å². The van der Waals surface area contributed by atoms with Crippen molar-refractivity contribution in [2.24, 2.45) is 0 Å². The number of nitrogen functional groups attached to an aromatic ring is 1. The number of hydrogen-bond donors (Lipinski definition) is 2. The highest BCUT2D eigenvalue weighted by atomic mass is 32.2. The van der Waals surface area contributed by atoms with Crippen molar-refractivity contribution in [3.8, 4) is 0 Å². The molecule has 0 aliphatic heterocycles. The molecule has 3 N–H and O–H groups in total. The highest BCUT2D eigenvalue weighted by Gasteiger charge is 2.16. The molecule has 0 spiro atoms. The molecule has 1 amide bonds. The molecule has 1 saturated carbocycles. The summed E-state index contributed by atoms with van der Waals surface area (Å²) in [5, 5.41) is 3.52. The third kappa shape index (κ3) is 3.66. The first-order valence-corrected chi connectivity index (χ1v) is 7.06. The normalized spacial score (nSPS) is 16.0. The first-order chi connectivity index (χ1) is 8.25. The average molecular weight is 250 g/mol. The Labute approximate surface area is 106 Å². The Hall–Kier alpha value is -1.16. The summed E-state index contributed by atoms with van der Waals surface area (Å²) in [5.74, 6) is 0.568. The maximum absolute atomic E-state index is 11.7. The summed E-state index contributed by atoms with van der Waals surface area (Å²) in [6, 6.07) is 7.35. The van der Waals surface area contributed by atoms with E-state index in [1.807, 2.05) is 18.2 Å². The molecular weight excluding hydrogens is 232 g/mol. The van der Waals surface area contributed by atoms with E-state index in [9.17, 15) is 4.79 Å². The maximum Gasteiger partial charge on any atom is 0.234 e. The number of thioether (sulfide) groups is 1. The summed E-state index contributed by atoms with van der Waals surface area (Å²) in [5.41, 5.74) is 7.10. The van der Waals surface area contributed by atoms with Gasteiger partial charge >= 0.3 is 0 Å². The Balaban J connectivity index is 1.79. The molecule has 0 aromatic heterocycles. The second kappa shape index (κ2) is 5.96. The average Bonchev–Trinajstić information content (AvgIpc) is 2.82. The summed E-state index contributed by atoms with van der Waals surface area (Å²) in [6.45, 7) is 0. The third-order valence-corrected chi connectivity index (χ3v) is 4.36. The fourth-order valence-corrected chi connectivity index (χ4v) is 3.17. The number of anilines is 2. The summed E-state index contributed by atoms with van der Waals surface area (Å²) in [4.78, 5) is 11.7. The summed E-state index contributed by atoms with van der Waals surface area (Å²) < 4.78 is 0. The number of nitrogens with two attached hydrogens (primary N) is 1. The largest absolute Gasteiger partial charge is 0.397 e. The molecule has 1 fully saturated rings. The van der Waals surface area contributed by atoms with E-state index >= 15 is 0 Å². The second-order valence-corrected chi connectivity index (χ2v) is 5.64. The van der Waals surface area contributed by atoms with E-state index in [1.165, 1.54) is 25.7 Å². The smallest absolute Gasteiger partial charge is 0.234 e. The molecule has 2 rings (SSSR count). The van der Waals surface area contributed by atoms with Gasteiger partial charge in [-0.3, -0.25) is 4.79 Å². The van der Waals surface area contributed by atoms with Gasteiger partial charge in [0.2, 0.25) is 5.91 Å². The minimum atomic E-state index is 0.0415. The number of amides is 1. The molecule has 4 heteroatoms. The lowest BCUT2D eigenvalue weighted by Crippen LogP contribution is -2.16. The Morgan fingerprint density at radius 2 is 2.06 bits per heavy atom. The van der Waals surface area contributed by atoms with Crippen molar-refractivity contribution in [1.82, 2.24) is 0 Å². The standard InChI is InChI=1S/C13H18N2OS/c14-11-7-3-4-8-12(11)15-13(16)9-17-10-5-1-2-6-10/h3-4,7-8,10H,1-2,5-6,9,14H2,(H,15,16). The zero-order valence-corrected chi connectivity index (χ0v) is 10.6. The van der Waals surface area contributed by atoms with Gasteiger partial charge < -0.3 is 11.1 Å². The molecule has 1 aromatic carbocycles. The molecule has 0 unspecified atom stereocenters. The van der Waals surface area contributed by atoms with Crippen molar-refractivity contribution in [3.05, 3.63) is 24.3 Å². The first-order valence-electron chi connectivity index (χ1n) is 6.01. The molecular formula is C13H18N2OS. The van der Waals surface area contributed by atoms with Crippen LogP contribution in [0.4, 0.5) is 11.4 Å². The van der Waals surface area contributed by atoms with Crippen LogP contribution in [-0.2, 0) is 4.79 Å². The van der Waals surface area contributed by atoms with Gasteiger partial charge in [-0.15, -0.1) is 11.8 Å². The molecule has 17 heavy (non-hydrogen) atoms.